The van der Waals surface area contributed by atoms with Crippen LogP contribution in [-0.4, -0.2) is 41.3 Å². The van der Waals surface area contributed by atoms with Crippen molar-refractivity contribution in [2.24, 2.45) is 11.3 Å². The van der Waals surface area contributed by atoms with Gasteiger partial charge in [-0.1, -0.05) is 19.9 Å². The highest BCUT2D eigenvalue weighted by Crippen LogP contribution is 2.50. The molecule has 1 fully saturated rings. The lowest BCUT2D eigenvalue weighted by molar-refractivity contribution is -0.133. The highest BCUT2D eigenvalue weighted by Gasteiger charge is 2.55. The minimum atomic E-state index is -1.54. The Morgan fingerprint density at radius 2 is 2.10 bits per heavy atom. The van der Waals surface area contributed by atoms with Crippen molar-refractivity contribution in [2.45, 2.75) is 63.8 Å². The first-order valence-electron chi connectivity index (χ1n) is 7.71. The lowest BCUT2D eigenvalue weighted by Crippen LogP contribution is -2.56. The van der Waals surface area contributed by atoms with Crippen LogP contribution in [0.15, 0.2) is 12.2 Å². The molecule has 116 valence electrons. The van der Waals surface area contributed by atoms with Crippen LogP contribution < -0.4 is 0 Å². The van der Waals surface area contributed by atoms with E-state index < -0.39 is 23.3 Å². The molecular weight excluding hydrogens is 259 g/mol. The molecule has 0 saturated carbocycles. The molecule has 0 aromatic carbocycles. The van der Waals surface area contributed by atoms with Crippen LogP contribution in [0.3, 0.4) is 0 Å². The van der Waals surface area contributed by atoms with Crippen molar-refractivity contribution in [2.75, 3.05) is 13.2 Å². The molecule has 2 rings (SSSR count). The molecule has 3 nitrogen and oxygen atoms in total. The van der Waals surface area contributed by atoms with Gasteiger partial charge in [0.25, 0.3) is 0 Å². The molecule has 0 bridgehead atoms. The van der Waals surface area contributed by atoms with Crippen molar-refractivity contribution in [3.8, 4) is 0 Å². The zero-order chi connectivity index (χ0) is 14.8. The number of aliphatic hydroxyl groups is 2. The number of rotatable bonds is 4. The molecule has 0 spiro atoms. The number of halogens is 1. The van der Waals surface area contributed by atoms with Crippen LogP contribution in [0.1, 0.15) is 46.0 Å². The summed E-state index contributed by atoms with van der Waals surface area (Å²) >= 11 is 0. The van der Waals surface area contributed by atoms with Gasteiger partial charge in [0.05, 0.1) is 12.2 Å². The fraction of sp³-hybridized carbons (Fsp3) is 0.875. The lowest BCUT2D eigenvalue weighted by atomic mass is 9.60. The Balaban J connectivity index is 2.28. The average Bonchev–Trinajstić information content (AvgIpc) is 2.44. The molecule has 4 unspecified atom stereocenters. The van der Waals surface area contributed by atoms with Gasteiger partial charge in [-0.15, -0.1) is 0 Å². The van der Waals surface area contributed by atoms with Gasteiger partial charge >= 0.3 is 0 Å². The molecule has 1 heterocycles. The van der Waals surface area contributed by atoms with Crippen LogP contribution in [-0.2, 0) is 4.74 Å². The van der Waals surface area contributed by atoms with E-state index in [1.54, 1.807) is 6.08 Å². The molecule has 20 heavy (non-hydrogen) atoms. The first-order chi connectivity index (χ1) is 9.43. The van der Waals surface area contributed by atoms with Crippen molar-refractivity contribution in [3.05, 3.63) is 12.2 Å². The topological polar surface area (TPSA) is 49.7 Å². The van der Waals surface area contributed by atoms with Crippen molar-refractivity contribution >= 4 is 0 Å². The fourth-order valence-corrected chi connectivity index (χ4v) is 3.69. The predicted octanol–water partition coefficient (Wildman–Crippen LogP) is 2.61. The van der Waals surface area contributed by atoms with E-state index in [-0.39, 0.29) is 12.5 Å². The summed E-state index contributed by atoms with van der Waals surface area (Å²) in [6, 6.07) is 0. The van der Waals surface area contributed by atoms with Gasteiger partial charge in [-0.05, 0) is 38.2 Å². The van der Waals surface area contributed by atoms with E-state index in [0.29, 0.717) is 19.4 Å². The molecule has 0 amide bonds. The lowest BCUT2D eigenvalue weighted by Gasteiger charge is -2.50. The van der Waals surface area contributed by atoms with E-state index in [0.717, 1.165) is 19.3 Å². The quantitative estimate of drug-likeness (QED) is 0.781. The molecule has 1 aliphatic heterocycles. The van der Waals surface area contributed by atoms with Gasteiger partial charge in [-0.3, -0.25) is 0 Å². The maximum atomic E-state index is 15.7. The van der Waals surface area contributed by atoms with E-state index in [1.165, 1.54) is 6.08 Å². The number of hydrogen-bond acceptors (Lipinski definition) is 3. The summed E-state index contributed by atoms with van der Waals surface area (Å²) in [7, 11) is 0. The third-order valence-corrected chi connectivity index (χ3v) is 5.05. The van der Waals surface area contributed by atoms with Gasteiger partial charge in [-0.2, -0.15) is 0 Å². The molecule has 4 heteroatoms. The van der Waals surface area contributed by atoms with E-state index in [2.05, 4.69) is 0 Å². The maximum absolute atomic E-state index is 15.7. The van der Waals surface area contributed by atoms with Crippen LogP contribution in [0.4, 0.5) is 4.39 Å². The minimum Gasteiger partial charge on any atom is -0.396 e. The SMILES string of the molecule is CC1(C)C(O)C=CC(F)(C2CCCCO2)C1CCCO. The number of ether oxygens (including phenoxy) is 1. The molecule has 0 radical (unpaired) electrons. The van der Waals surface area contributed by atoms with E-state index in [9.17, 15) is 5.11 Å². The van der Waals surface area contributed by atoms with Crippen molar-refractivity contribution in [1.82, 2.24) is 0 Å². The number of hydrogen-bond donors (Lipinski definition) is 2. The predicted molar refractivity (Wildman–Crippen MR) is 76.2 cm³/mol. The highest BCUT2D eigenvalue weighted by atomic mass is 19.1. The summed E-state index contributed by atoms with van der Waals surface area (Å²) in [6.07, 6.45) is 5.82. The second-order valence-corrected chi connectivity index (χ2v) is 6.73. The first-order valence-corrected chi connectivity index (χ1v) is 7.71. The third kappa shape index (κ3) is 2.78. The average molecular weight is 286 g/mol. The zero-order valence-electron chi connectivity index (χ0n) is 12.5. The van der Waals surface area contributed by atoms with E-state index >= 15 is 4.39 Å². The smallest absolute Gasteiger partial charge is 0.158 e. The zero-order valence-corrected chi connectivity index (χ0v) is 12.5. The molecule has 4 atom stereocenters. The Kier molecular flexibility index (Phi) is 4.88. The summed E-state index contributed by atoms with van der Waals surface area (Å²) in [6.45, 7) is 4.47. The van der Waals surface area contributed by atoms with Gasteiger partial charge in [-0.25, -0.2) is 4.39 Å². The minimum absolute atomic E-state index is 0.0496. The molecule has 2 N–H and O–H groups in total. The van der Waals surface area contributed by atoms with Crippen LogP contribution >= 0.6 is 0 Å². The highest BCUT2D eigenvalue weighted by molar-refractivity contribution is 5.21. The Bertz CT molecular complexity index is 350. The third-order valence-electron chi connectivity index (χ3n) is 5.05. The number of alkyl halides is 1. The Hall–Kier alpha value is -0.450. The van der Waals surface area contributed by atoms with Crippen LogP contribution in [0.25, 0.3) is 0 Å². The van der Waals surface area contributed by atoms with Crippen molar-refractivity contribution in [3.63, 3.8) is 0 Å². The monoisotopic (exact) mass is 286 g/mol. The second-order valence-electron chi connectivity index (χ2n) is 6.73. The molecule has 0 aromatic rings. The van der Waals surface area contributed by atoms with Gasteiger partial charge in [0.2, 0.25) is 0 Å². The summed E-state index contributed by atoms with van der Waals surface area (Å²) in [4.78, 5) is 0. The van der Waals surface area contributed by atoms with Crippen LogP contribution in [0.5, 0.6) is 0 Å². The van der Waals surface area contributed by atoms with Crippen LogP contribution in [0, 0.1) is 11.3 Å². The summed E-state index contributed by atoms with van der Waals surface area (Å²) < 4.78 is 21.4. The van der Waals surface area contributed by atoms with Gasteiger partial charge in [0.1, 0.15) is 0 Å². The van der Waals surface area contributed by atoms with E-state index in [4.69, 9.17) is 9.84 Å². The van der Waals surface area contributed by atoms with Gasteiger partial charge < -0.3 is 14.9 Å². The fourth-order valence-electron chi connectivity index (χ4n) is 3.69. The van der Waals surface area contributed by atoms with E-state index in [1.807, 2.05) is 13.8 Å². The van der Waals surface area contributed by atoms with Crippen molar-refractivity contribution in [1.29, 1.82) is 0 Å². The standard InChI is InChI=1S/C16H27FO3/c1-15(2)12(6-5-10-18)16(17,9-8-13(15)19)14-7-3-4-11-20-14/h8-9,12-14,18-19H,3-7,10-11H2,1-2H3. The molecule has 0 aromatic heterocycles. The second kappa shape index (κ2) is 6.12. The summed E-state index contributed by atoms with van der Waals surface area (Å²) in [5.41, 5.74) is -2.10. The number of aliphatic hydroxyl groups excluding tert-OH is 2. The van der Waals surface area contributed by atoms with Crippen molar-refractivity contribution < 1.29 is 19.3 Å². The summed E-state index contributed by atoms with van der Waals surface area (Å²) in [5, 5.41) is 19.3. The molecule has 2 aliphatic rings. The normalized spacial score (nSPS) is 40.8. The molecular formula is C16H27FO3. The van der Waals surface area contributed by atoms with Gasteiger partial charge in [0.15, 0.2) is 5.67 Å². The first kappa shape index (κ1) is 15.9. The molecule has 1 aliphatic carbocycles. The van der Waals surface area contributed by atoms with Gasteiger partial charge in [0, 0.05) is 24.5 Å². The molecule has 1 saturated heterocycles. The van der Waals surface area contributed by atoms with Crippen LogP contribution in [0.2, 0.25) is 0 Å². The summed E-state index contributed by atoms with van der Waals surface area (Å²) in [5.74, 6) is -0.342. The largest absolute Gasteiger partial charge is 0.396 e. The Morgan fingerprint density at radius 3 is 2.70 bits per heavy atom. The Labute approximate surface area is 120 Å². The Morgan fingerprint density at radius 1 is 1.35 bits per heavy atom. The maximum Gasteiger partial charge on any atom is 0.158 e.